The van der Waals surface area contributed by atoms with E-state index in [1.54, 1.807) is 0 Å². The number of aliphatic hydroxyl groups is 2. The van der Waals surface area contributed by atoms with Gasteiger partial charge in [-0.15, -0.1) is 0 Å². The molecule has 1 aliphatic rings. The maximum absolute atomic E-state index is 9.77. The number of carboxylic acids is 2. The monoisotopic (exact) mass is 430 g/mol. The highest BCUT2D eigenvalue weighted by atomic mass is 35.5. The molecule has 5 N–H and O–H groups in total. The Morgan fingerprint density at radius 2 is 1.79 bits per heavy atom. The Bertz CT molecular complexity index is 661. The molecule has 0 spiro atoms. The van der Waals surface area contributed by atoms with Crippen molar-refractivity contribution in [1.82, 2.24) is 10.2 Å². The van der Waals surface area contributed by atoms with Gasteiger partial charge >= 0.3 is 11.9 Å². The minimum absolute atomic E-state index is 0.667. The maximum Gasteiger partial charge on any atom is 0.335 e. The predicted molar refractivity (Wildman–Crippen MR) is 110 cm³/mol. The lowest BCUT2D eigenvalue weighted by atomic mass is 10.1. The summed E-state index contributed by atoms with van der Waals surface area (Å²) in [7, 11) is 0. The smallest absolute Gasteiger partial charge is 0.335 e. The zero-order valence-corrected chi connectivity index (χ0v) is 17.8. The Balaban J connectivity index is 0.000000359. The number of benzene rings is 1. The van der Waals surface area contributed by atoms with Gasteiger partial charge in [-0.05, 0) is 43.0 Å². The standard InChI is InChI=1S/C16H25ClN2.C4H6O6/c1-12(2)10-19(15-7-8-18-9-15)11-14-5-4-6-16(17)13(14)3;5-1(3(7)8)2(6)4(9)10/h4-6,12,15,18H,7-11H2,1-3H3;1-2,5-6H,(H,7,8)(H,9,10)/t15-;/m0./s1. The SMILES string of the molecule is Cc1c(Cl)cccc1CN(CC(C)C)[C@H]1CCNC1.O=C(O)C(O)C(O)C(=O)O. The summed E-state index contributed by atoms with van der Waals surface area (Å²) >= 11 is 6.23. The molecule has 0 saturated carbocycles. The molecule has 0 amide bonds. The van der Waals surface area contributed by atoms with E-state index in [1.807, 2.05) is 6.07 Å². The molecular weight excluding hydrogens is 400 g/mol. The second kappa shape index (κ2) is 12.1. The summed E-state index contributed by atoms with van der Waals surface area (Å²) in [6.45, 7) is 11.1. The summed E-state index contributed by atoms with van der Waals surface area (Å²) < 4.78 is 0. The van der Waals surface area contributed by atoms with Crippen LogP contribution in [-0.4, -0.2) is 75.1 Å². The van der Waals surface area contributed by atoms with Crippen molar-refractivity contribution in [3.05, 3.63) is 34.3 Å². The van der Waals surface area contributed by atoms with E-state index in [1.165, 1.54) is 17.5 Å². The van der Waals surface area contributed by atoms with E-state index in [0.717, 1.165) is 31.2 Å². The van der Waals surface area contributed by atoms with Crippen LogP contribution in [0.3, 0.4) is 0 Å². The number of nitrogens with one attached hydrogen (secondary N) is 1. The van der Waals surface area contributed by atoms with Crippen LogP contribution < -0.4 is 5.32 Å². The minimum atomic E-state index is -2.27. The van der Waals surface area contributed by atoms with E-state index in [9.17, 15) is 9.59 Å². The van der Waals surface area contributed by atoms with Crippen molar-refractivity contribution in [2.45, 2.75) is 52.0 Å². The van der Waals surface area contributed by atoms with E-state index in [4.69, 9.17) is 32.0 Å². The number of halogens is 1. The largest absolute Gasteiger partial charge is 0.479 e. The first kappa shape index (κ1) is 25.3. The van der Waals surface area contributed by atoms with Crippen molar-refractivity contribution in [3.63, 3.8) is 0 Å². The fourth-order valence-electron chi connectivity index (χ4n) is 3.08. The lowest BCUT2D eigenvalue weighted by Crippen LogP contribution is -2.39. The summed E-state index contributed by atoms with van der Waals surface area (Å²) in [5, 5.41) is 36.9. The van der Waals surface area contributed by atoms with Crippen LogP contribution in [0.4, 0.5) is 0 Å². The van der Waals surface area contributed by atoms with Gasteiger partial charge in [0.05, 0.1) is 0 Å². The van der Waals surface area contributed by atoms with E-state index >= 15 is 0 Å². The minimum Gasteiger partial charge on any atom is -0.479 e. The van der Waals surface area contributed by atoms with Crippen molar-refractivity contribution in [1.29, 1.82) is 0 Å². The fourth-order valence-corrected chi connectivity index (χ4v) is 3.27. The van der Waals surface area contributed by atoms with Crippen molar-refractivity contribution in [2.75, 3.05) is 19.6 Å². The van der Waals surface area contributed by atoms with Crippen molar-refractivity contribution in [2.24, 2.45) is 5.92 Å². The van der Waals surface area contributed by atoms with Gasteiger partial charge < -0.3 is 25.7 Å². The number of nitrogens with zero attached hydrogens (tertiary/aromatic N) is 1. The first-order valence-electron chi connectivity index (χ1n) is 9.55. The third kappa shape index (κ3) is 8.28. The molecule has 1 aliphatic heterocycles. The van der Waals surface area contributed by atoms with E-state index < -0.39 is 24.1 Å². The summed E-state index contributed by atoms with van der Waals surface area (Å²) in [6, 6.07) is 6.91. The molecule has 0 bridgehead atoms. The number of rotatable bonds is 8. The Hall–Kier alpha value is -1.71. The predicted octanol–water partition coefficient (Wildman–Crippen LogP) is 1.35. The zero-order valence-electron chi connectivity index (χ0n) is 17.0. The van der Waals surface area contributed by atoms with Crippen LogP contribution in [0.1, 0.15) is 31.4 Å². The van der Waals surface area contributed by atoms with Crippen LogP contribution in [0.25, 0.3) is 0 Å². The third-order valence-electron chi connectivity index (χ3n) is 4.71. The van der Waals surface area contributed by atoms with Gasteiger partial charge in [0.1, 0.15) is 0 Å². The molecule has 2 rings (SSSR count). The molecule has 1 heterocycles. The number of aliphatic hydroxyl groups excluding tert-OH is 2. The molecular formula is C20H31ClN2O6. The lowest BCUT2D eigenvalue weighted by Gasteiger charge is -2.30. The quantitative estimate of drug-likeness (QED) is 0.417. The Labute approximate surface area is 176 Å². The molecule has 0 aliphatic carbocycles. The third-order valence-corrected chi connectivity index (χ3v) is 5.12. The van der Waals surface area contributed by atoms with Crippen LogP contribution in [0, 0.1) is 12.8 Å². The van der Waals surface area contributed by atoms with Crippen molar-refractivity contribution >= 4 is 23.5 Å². The van der Waals surface area contributed by atoms with Gasteiger partial charge in [-0.3, -0.25) is 4.90 Å². The van der Waals surface area contributed by atoms with E-state index in [2.05, 4.69) is 43.1 Å². The highest BCUT2D eigenvalue weighted by molar-refractivity contribution is 6.31. The van der Waals surface area contributed by atoms with Gasteiger partial charge in [0.15, 0.2) is 12.2 Å². The molecule has 164 valence electrons. The van der Waals surface area contributed by atoms with Crippen molar-refractivity contribution < 1.29 is 30.0 Å². The van der Waals surface area contributed by atoms with Crippen LogP contribution >= 0.6 is 11.6 Å². The van der Waals surface area contributed by atoms with Crippen LogP contribution in [0.5, 0.6) is 0 Å². The maximum atomic E-state index is 9.77. The highest BCUT2D eigenvalue weighted by Gasteiger charge is 2.29. The second-order valence-electron chi connectivity index (χ2n) is 7.56. The van der Waals surface area contributed by atoms with Crippen LogP contribution in [0.15, 0.2) is 18.2 Å². The number of hydrogen-bond donors (Lipinski definition) is 5. The second-order valence-corrected chi connectivity index (χ2v) is 7.97. The molecule has 8 nitrogen and oxygen atoms in total. The average molecular weight is 431 g/mol. The fraction of sp³-hybridized carbons (Fsp3) is 0.600. The normalized spacial score (nSPS) is 18.3. The molecule has 3 atom stereocenters. The highest BCUT2D eigenvalue weighted by Crippen LogP contribution is 2.22. The first-order chi connectivity index (χ1) is 13.5. The first-order valence-corrected chi connectivity index (χ1v) is 9.92. The van der Waals surface area contributed by atoms with Gasteiger partial charge in [0, 0.05) is 30.7 Å². The van der Waals surface area contributed by atoms with Gasteiger partial charge in [-0.25, -0.2) is 9.59 Å². The van der Waals surface area contributed by atoms with Crippen LogP contribution in [-0.2, 0) is 16.1 Å². The summed E-state index contributed by atoms with van der Waals surface area (Å²) in [4.78, 5) is 22.2. The molecule has 0 aromatic heterocycles. The topological polar surface area (TPSA) is 130 Å². The lowest BCUT2D eigenvalue weighted by molar-refractivity contribution is -0.165. The van der Waals surface area contributed by atoms with Crippen molar-refractivity contribution in [3.8, 4) is 0 Å². The Morgan fingerprint density at radius 3 is 2.24 bits per heavy atom. The molecule has 29 heavy (non-hydrogen) atoms. The van der Waals surface area contributed by atoms with Gasteiger partial charge in [-0.2, -0.15) is 0 Å². The molecule has 1 aromatic rings. The van der Waals surface area contributed by atoms with Gasteiger partial charge in [0.2, 0.25) is 0 Å². The molecule has 0 radical (unpaired) electrons. The molecule has 9 heteroatoms. The van der Waals surface area contributed by atoms with Gasteiger partial charge in [-0.1, -0.05) is 37.6 Å². The molecule has 1 aromatic carbocycles. The molecule has 1 fully saturated rings. The molecule has 2 unspecified atom stereocenters. The van der Waals surface area contributed by atoms with Gasteiger partial charge in [0.25, 0.3) is 0 Å². The summed E-state index contributed by atoms with van der Waals surface area (Å²) in [5.74, 6) is -2.84. The van der Waals surface area contributed by atoms with Crippen LogP contribution in [0.2, 0.25) is 5.02 Å². The number of hydrogen-bond acceptors (Lipinski definition) is 6. The zero-order chi connectivity index (χ0) is 22.1. The summed E-state index contributed by atoms with van der Waals surface area (Å²) in [6.07, 6.45) is -3.28. The Morgan fingerprint density at radius 1 is 1.21 bits per heavy atom. The molecule has 1 saturated heterocycles. The number of aliphatic carboxylic acids is 2. The Kier molecular flexibility index (Phi) is 10.6. The number of carboxylic acid groups (broad SMARTS) is 2. The average Bonchev–Trinajstić information content (AvgIpc) is 3.18. The number of carbonyl (C=O) groups is 2. The van der Waals surface area contributed by atoms with E-state index in [0.29, 0.717) is 12.0 Å². The summed E-state index contributed by atoms with van der Waals surface area (Å²) in [5.41, 5.74) is 2.59. The van der Waals surface area contributed by atoms with E-state index in [-0.39, 0.29) is 0 Å².